The second kappa shape index (κ2) is 11.2. The normalized spacial score (nSPS) is 16.9. The van der Waals surface area contributed by atoms with Crippen molar-refractivity contribution >= 4 is 28.8 Å². The number of thiophene rings is 1. The van der Waals surface area contributed by atoms with E-state index in [1.807, 2.05) is 32.0 Å². The molecule has 2 heterocycles. The van der Waals surface area contributed by atoms with Crippen molar-refractivity contribution in [2.75, 3.05) is 38.1 Å². The molecule has 7 heteroatoms. The molecule has 6 nitrogen and oxygen atoms in total. The fourth-order valence-electron chi connectivity index (χ4n) is 3.85. The first-order valence-corrected chi connectivity index (χ1v) is 11.6. The van der Waals surface area contributed by atoms with Gasteiger partial charge in [0.2, 0.25) is 0 Å². The third kappa shape index (κ3) is 6.39. The number of rotatable bonds is 10. The van der Waals surface area contributed by atoms with Crippen molar-refractivity contribution in [2.45, 2.75) is 39.3 Å². The third-order valence-corrected chi connectivity index (χ3v) is 6.28. The van der Waals surface area contributed by atoms with E-state index in [9.17, 15) is 9.59 Å². The molecule has 2 aromatic rings. The number of hydrogen-bond acceptors (Lipinski definition) is 4. The molecule has 3 rings (SSSR count). The maximum Gasteiger partial charge on any atom is 0.279 e. The van der Waals surface area contributed by atoms with E-state index in [4.69, 9.17) is 4.74 Å². The van der Waals surface area contributed by atoms with Gasteiger partial charge < -0.3 is 19.9 Å². The summed E-state index contributed by atoms with van der Waals surface area (Å²) < 4.78 is 5.80. The maximum atomic E-state index is 12.8. The number of carbonyl (C=O) groups excluding carboxylic acids is 2. The zero-order chi connectivity index (χ0) is 21.3. The highest BCUT2D eigenvalue weighted by molar-refractivity contribution is 7.09. The van der Waals surface area contributed by atoms with Crippen molar-refractivity contribution in [1.82, 2.24) is 4.90 Å². The number of benzene rings is 1. The highest BCUT2D eigenvalue weighted by Crippen LogP contribution is 2.13. The van der Waals surface area contributed by atoms with Gasteiger partial charge in [-0.05, 0) is 56.3 Å². The molecular formula is C23H32N3O3S+. The van der Waals surface area contributed by atoms with Crippen LogP contribution in [0.5, 0.6) is 0 Å². The Balaban J connectivity index is 1.62. The molecule has 1 aliphatic rings. The SMILES string of the molecule is CCN(CC)C(=O)c1cccc(NC(=O)C[NH+](Cc2cccs2)C[C@@H]2CCCO2)c1. The summed E-state index contributed by atoms with van der Waals surface area (Å²) in [5.41, 5.74) is 1.25. The molecule has 1 saturated heterocycles. The van der Waals surface area contributed by atoms with Crippen LogP contribution in [-0.4, -0.2) is 55.6 Å². The molecule has 30 heavy (non-hydrogen) atoms. The largest absolute Gasteiger partial charge is 0.372 e. The molecule has 1 aliphatic heterocycles. The van der Waals surface area contributed by atoms with E-state index in [-0.39, 0.29) is 17.9 Å². The maximum absolute atomic E-state index is 12.8. The van der Waals surface area contributed by atoms with Crippen LogP contribution in [-0.2, 0) is 16.1 Å². The number of amides is 2. The lowest BCUT2D eigenvalue weighted by molar-refractivity contribution is -0.908. The first-order valence-electron chi connectivity index (χ1n) is 10.8. The highest BCUT2D eigenvalue weighted by Gasteiger charge is 2.24. The summed E-state index contributed by atoms with van der Waals surface area (Å²) in [6.45, 7) is 8.07. The summed E-state index contributed by atoms with van der Waals surface area (Å²) in [4.78, 5) is 29.6. The van der Waals surface area contributed by atoms with Crippen molar-refractivity contribution in [2.24, 2.45) is 0 Å². The molecule has 0 saturated carbocycles. The number of hydrogen-bond donors (Lipinski definition) is 2. The van der Waals surface area contributed by atoms with Gasteiger partial charge >= 0.3 is 0 Å². The minimum Gasteiger partial charge on any atom is -0.372 e. The van der Waals surface area contributed by atoms with Gasteiger partial charge in [-0.15, -0.1) is 11.3 Å². The van der Waals surface area contributed by atoms with Crippen LogP contribution in [0.3, 0.4) is 0 Å². The zero-order valence-electron chi connectivity index (χ0n) is 17.9. The molecule has 1 fully saturated rings. The predicted octanol–water partition coefficient (Wildman–Crippen LogP) is 2.43. The number of quaternary nitrogens is 1. The lowest BCUT2D eigenvalue weighted by Crippen LogP contribution is -3.12. The molecular weight excluding hydrogens is 398 g/mol. The molecule has 0 aliphatic carbocycles. The fraction of sp³-hybridized carbons (Fsp3) is 0.478. The van der Waals surface area contributed by atoms with Crippen LogP contribution in [0.25, 0.3) is 0 Å². The summed E-state index contributed by atoms with van der Waals surface area (Å²) in [5, 5.41) is 5.05. The summed E-state index contributed by atoms with van der Waals surface area (Å²) in [6, 6.07) is 11.4. The van der Waals surface area contributed by atoms with E-state index in [0.29, 0.717) is 30.9 Å². The number of anilines is 1. The molecule has 0 spiro atoms. The second-order valence-corrected chi connectivity index (χ2v) is 8.66. The van der Waals surface area contributed by atoms with Gasteiger partial charge in [0.15, 0.2) is 6.54 Å². The van der Waals surface area contributed by atoms with Gasteiger partial charge in [-0.2, -0.15) is 0 Å². The van der Waals surface area contributed by atoms with Gasteiger partial charge in [-0.25, -0.2) is 0 Å². The lowest BCUT2D eigenvalue weighted by atomic mass is 10.1. The Labute approximate surface area is 182 Å². The van der Waals surface area contributed by atoms with Crippen LogP contribution >= 0.6 is 11.3 Å². The van der Waals surface area contributed by atoms with Crippen LogP contribution in [0.4, 0.5) is 5.69 Å². The van der Waals surface area contributed by atoms with Crippen LogP contribution in [0.15, 0.2) is 41.8 Å². The molecule has 1 unspecified atom stereocenters. The van der Waals surface area contributed by atoms with E-state index in [1.54, 1.807) is 28.4 Å². The molecule has 2 N–H and O–H groups in total. The van der Waals surface area contributed by atoms with E-state index in [2.05, 4.69) is 16.8 Å². The van der Waals surface area contributed by atoms with Crippen molar-refractivity contribution in [3.63, 3.8) is 0 Å². The average Bonchev–Trinajstić information content (AvgIpc) is 3.43. The van der Waals surface area contributed by atoms with Gasteiger partial charge in [0.05, 0.1) is 4.88 Å². The Morgan fingerprint density at radius 1 is 1.23 bits per heavy atom. The van der Waals surface area contributed by atoms with Crippen molar-refractivity contribution < 1.29 is 19.2 Å². The Bertz CT molecular complexity index is 815. The standard InChI is InChI=1S/C23H31N3O3S/c1-3-26(4-2)23(28)18-8-5-9-19(14-18)24-22(27)17-25(15-20-10-6-12-29-20)16-21-11-7-13-30-21/h5,7-9,11,13-14,20H,3-4,6,10,12,15-17H2,1-2H3,(H,24,27)/p+1/t20-/m0/s1. The summed E-state index contributed by atoms with van der Waals surface area (Å²) in [5.74, 6) is -0.0635. The minimum absolute atomic E-state index is 0.0144. The smallest absolute Gasteiger partial charge is 0.279 e. The fourth-order valence-corrected chi connectivity index (χ4v) is 4.63. The first-order chi connectivity index (χ1) is 14.6. The second-order valence-electron chi connectivity index (χ2n) is 7.63. The topological polar surface area (TPSA) is 63.1 Å². The van der Waals surface area contributed by atoms with Gasteiger partial charge in [0, 0.05) is 30.9 Å². The first kappa shape index (κ1) is 22.5. The van der Waals surface area contributed by atoms with Gasteiger partial charge in [-0.1, -0.05) is 12.1 Å². The Kier molecular flexibility index (Phi) is 8.42. The number of nitrogens with one attached hydrogen (secondary N) is 2. The molecule has 162 valence electrons. The zero-order valence-corrected chi connectivity index (χ0v) is 18.7. The molecule has 1 aromatic heterocycles. The highest BCUT2D eigenvalue weighted by atomic mass is 32.1. The average molecular weight is 431 g/mol. The molecule has 0 bridgehead atoms. The van der Waals surface area contributed by atoms with Crippen molar-refractivity contribution in [3.8, 4) is 0 Å². The van der Waals surface area contributed by atoms with Crippen molar-refractivity contribution in [3.05, 3.63) is 52.2 Å². The van der Waals surface area contributed by atoms with Crippen molar-refractivity contribution in [1.29, 1.82) is 0 Å². The summed E-state index contributed by atoms with van der Waals surface area (Å²) >= 11 is 1.72. The Morgan fingerprint density at radius 3 is 2.73 bits per heavy atom. The monoisotopic (exact) mass is 430 g/mol. The van der Waals surface area contributed by atoms with Crippen LogP contribution < -0.4 is 10.2 Å². The molecule has 0 radical (unpaired) electrons. The number of carbonyl (C=O) groups is 2. The lowest BCUT2D eigenvalue weighted by Gasteiger charge is -2.22. The molecule has 2 atom stereocenters. The van der Waals surface area contributed by atoms with Gasteiger partial charge in [0.1, 0.15) is 19.2 Å². The van der Waals surface area contributed by atoms with E-state index < -0.39 is 0 Å². The third-order valence-electron chi connectivity index (χ3n) is 5.40. The molecule has 2 amide bonds. The predicted molar refractivity (Wildman–Crippen MR) is 120 cm³/mol. The van der Waals surface area contributed by atoms with Crippen LogP contribution in [0, 0.1) is 0 Å². The van der Waals surface area contributed by atoms with E-state index in [1.165, 1.54) is 9.78 Å². The summed E-state index contributed by atoms with van der Waals surface area (Å²) in [6.07, 6.45) is 2.38. The van der Waals surface area contributed by atoms with E-state index >= 15 is 0 Å². The number of ether oxygens (including phenoxy) is 1. The quantitative estimate of drug-likeness (QED) is 0.609. The minimum atomic E-state index is -0.0491. The molecule has 1 aromatic carbocycles. The van der Waals surface area contributed by atoms with Crippen LogP contribution in [0.1, 0.15) is 41.9 Å². The van der Waals surface area contributed by atoms with Crippen LogP contribution in [0.2, 0.25) is 0 Å². The van der Waals surface area contributed by atoms with E-state index in [0.717, 1.165) is 32.5 Å². The van der Waals surface area contributed by atoms with Gasteiger partial charge in [-0.3, -0.25) is 9.59 Å². The Hall–Kier alpha value is -2.22. The number of nitrogens with zero attached hydrogens (tertiary/aromatic N) is 1. The van der Waals surface area contributed by atoms with Gasteiger partial charge in [0.25, 0.3) is 11.8 Å². The summed E-state index contributed by atoms with van der Waals surface area (Å²) in [7, 11) is 0. The Morgan fingerprint density at radius 2 is 2.07 bits per heavy atom.